The van der Waals surface area contributed by atoms with Gasteiger partial charge in [0.1, 0.15) is 5.75 Å². The Bertz CT molecular complexity index is 581. The highest BCUT2D eigenvalue weighted by atomic mass is 35.5. The second-order valence-electron chi connectivity index (χ2n) is 3.79. The number of benzene rings is 2. The van der Waals surface area contributed by atoms with Gasteiger partial charge in [0.15, 0.2) is 5.78 Å². The van der Waals surface area contributed by atoms with Gasteiger partial charge >= 0.3 is 0 Å². The van der Waals surface area contributed by atoms with Crippen LogP contribution >= 0.6 is 11.6 Å². The lowest BCUT2D eigenvalue weighted by Gasteiger charge is -2.08. The maximum absolute atomic E-state index is 11.9. The number of fused-ring (bicyclic) bond motifs is 1. The van der Waals surface area contributed by atoms with Crippen molar-refractivity contribution in [3.05, 3.63) is 40.9 Å². The Labute approximate surface area is 104 Å². The molecular formula is C13H12ClNO2. The summed E-state index contributed by atoms with van der Waals surface area (Å²) in [6.07, 6.45) is 0.218. The summed E-state index contributed by atoms with van der Waals surface area (Å²) in [4.78, 5) is 11.9. The van der Waals surface area contributed by atoms with Gasteiger partial charge in [0.25, 0.3) is 0 Å². The van der Waals surface area contributed by atoms with Crippen LogP contribution in [0, 0.1) is 0 Å². The molecule has 0 amide bonds. The number of halogens is 1. The Balaban J connectivity index is 2.67. The number of rotatable bonds is 3. The molecular weight excluding hydrogens is 238 g/mol. The normalized spacial score (nSPS) is 10.7. The monoisotopic (exact) mass is 249 g/mol. The number of hydrogen-bond donors (Lipinski definition) is 2. The molecule has 2 aromatic carbocycles. The SMILES string of the molecule is NCCC(=O)c1c(O)ccc2cc(Cl)ccc12. The molecule has 0 aliphatic carbocycles. The quantitative estimate of drug-likeness (QED) is 0.822. The summed E-state index contributed by atoms with van der Waals surface area (Å²) in [5, 5.41) is 11.9. The van der Waals surface area contributed by atoms with Crippen LogP contribution in [0.25, 0.3) is 10.8 Å². The van der Waals surface area contributed by atoms with Gasteiger partial charge in [0, 0.05) is 11.4 Å². The van der Waals surface area contributed by atoms with Gasteiger partial charge in [-0.05, 0) is 35.5 Å². The summed E-state index contributed by atoms with van der Waals surface area (Å²) in [7, 11) is 0. The number of ketones is 1. The van der Waals surface area contributed by atoms with Gasteiger partial charge in [-0.1, -0.05) is 23.7 Å². The van der Waals surface area contributed by atoms with E-state index in [2.05, 4.69) is 0 Å². The Morgan fingerprint density at radius 1 is 1.29 bits per heavy atom. The van der Waals surface area contributed by atoms with Gasteiger partial charge in [0.2, 0.25) is 0 Å². The summed E-state index contributed by atoms with van der Waals surface area (Å²) in [6.45, 7) is 0.266. The van der Waals surface area contributed by atoms with Gasteiger partial charge in [-0.3, -0.25) is 4.79 Å². The lowest BCUT2D eigenvalue weighted by atomic mass is 9.99. The minimum atomic E-state index is -0.155. The number of carbonyl (C=O) groups is 1. The molecule has 2 rings (SSSR count). The highest BCUT2D eigenvalue weighted by molar-refractivity contribution is 6.31. The van der Waals surface area contributed by atoms with Crippen LogP contribution in [0.5, 0.6) is 5.75 Å². The topological polar surface area (TPSA) is 63.3 Å². The minimum Gasteiger partial charge on any atom is -0.507 e. The lowest BCUT2D eigenvalue weighted by molar-refractivity contribution is 0.0984. The number of phenolic OH excluding ortho intramolecular Hbond substituents is 1. The Kier molecular flexibility index (Phi) is 3.31. The van der Waals surface area contributed by atoms with Crippen molar-refractivity contribution < 1.29 is 9.90 Å². The van der Waals surface area contributed by atoms with Gasteiger partial charge in [-0.25, -0.2) is 0 Å². The van der Waals surface area contributed by atoms with Crippen molar-refractivity contribution in [1.29, 1.82) is 0 Å². The van der Waals surface area contributed by atoms with Gasteiger partial charge < -0.3 is 10.8 Å². The molecule has 0 bridgehead atoms. The summed E-state index contributed by atoms with van der Waals surface area (Å²) < 4.78 is 0. The van der Waals surface area contributed by atoms with Gasteiger partial charge in [-0.15, -0.1) is 0 Å². The minimum absolute atomic E-state index is 0.0155. The molecule has 0 aliphatic heterocycles. The summed E-state index contributed by atoms with van der Waals surface area (Å²) in [6, 6.07) is 8.43. The van der Waals surface area contributed by atoms with Crippen molar-refractivity contribution in [2.75, 3.05) is 6.54 Å². The van der Waals surface area contributed by atoms with Crippen LogP contribution in [0.15, 0.2) is 30.3 Å². The number of aromatic hydroxyl groups is 1. The van der Waals surface area contributed by atoms with Crippen molar-refractivity contribution in [2.45, 2.75) is 6.42 Å². The molecule has 0 radical (unpaired) electrons. The maximum Gasteiger partial charge on any atom is 0.168 e. The molecule has 3 nitrogen and oxygen atoms in total. The molecule has 3 N–H and O–H groups in total. The molecule has 2 aromatic rings. The third-order valence-corrected chi connectivity index (χ3v) is 2.85. The lowest BCUT2D eigenvalue weighted by Crippen LogP contribution is -2.08. The van der Waals surface area contributed by atoms with Crippen LogP contribution in [0.3, 0.4) is 0 Å². The number of Topliss-reactive ketones (excluding diaryl/α,β-unsaturated/α-hetero) is 1. The summed E-state index contributed by atoms with van der Waals surface area (Å²) >= 11 is 5.88. The fraction of sp³-hybridized carbons (Fsp3) is 0.154. The molecule has 0 saturated carbocycles. The van der Waals surface area contributed by atoms with Crippen LogP contribution in [-0.4, -0.2) is 17.4 Å². The van der Waals surface area contributed by atoms with Crippen molar-refractivity contribution in [3.8, 4) is 5.75 Å². The number of phenols is 1. The molecule has 0 atom stereocenters. The Hall–Kier alpha value is -1.58. The molecule has 0 spiro atoms. The number of nitrogens with two attached hydrogens (primary N) is 1. The average Bonchev–Trinajstić information content (AvgIpc) is 2.29. The van der Waals surface area contributed by atoms with Crippen molar-refractivity contribution in [2.24, 2.45) is 5.73 Å². The molecule has 0 fully saturated rings. The molecule has 0 unspecified atom stereocenters. The van der Waals surface area contributed by atoms with Gasteiger partial charge in [-0.2, -0.15) is 0 Å². The molecule has 0 aliphatic rings. The van der Waals surface area contributed by atoms with E-state index in [1.165, 1.54) is 6.07 Å². The predicted octanol–water partition coefficient (Wildman–Crippen LogP) is 2.73. The van der Waals surface area contributed by atoms with E-state index in [0.29, 0.717) is 16.0 Å². The van der Waals surface area contributed by atoms with Crippen molar-refractivity contribution in [3.63, 3.8) is 0 Å². The zero-order chi connectivity index (χ0) is 12.4. The highest BCUT2D eigenvalue weighted by Crippen LogP contribution is 2.29. The van der Waals surface area contributed by atoms with Gasteiger partial charge in [0.05, 0.1) is 5.56 Å². The van der Waals surface area contributed by atoms with Crippen molar-refractivity contribution >= 4 is 28.2 Å². The zero-order valence-corrected chi connectivity index (χ0v) is 9.87. The predicted molar refractivity (Wildman–Crippen MR) is 68.6 cm³/mol. The summed E-state index contributed by atoms with van der Waals surface area (Å²) in [5.41, 5.74) is 5.69. The second-order valence-corrected chi connectivity index (χ2v) is 4.22. The van der Waals surface area contributed by atoms with E-state index in [-0.39, 0.29) is 24.5 Å². The standard InChI is InChI=1S/C13H12ClNO2/c14-9-2-3-10-8(7-9)1-4-11(16)13(10)12(17)5-6-15/h1-4,7,16H,5-6,15H2. The van der Waals surface area contributed by atoms with Crippen LogP contribution in [0.4, 0.5) is 0 Å². The number of carbonyl (C=O) groups excluding carboxylic acids is 1. The molecule has 4 heteroatoms. The number of hydrogen-bond acceptors (Lipinski definition) is 3. The van der Waals surface area contributed by atoms with E-state index >= 15 is 0 Å². The third kappa shape index (κ3) is 2.25. The van der Waals surface area contributed by atoms with Crippen LogP contribution in [-0.2, 0) is 0 Å². The van der Waals surface area contributed by atoms with E-state index in [1.54, 1.807) is 24.3 Å². The van der Waals surface area contributed by atoms with E-state index in [9.17, 15) is 9.90 Å². The molecule has 17 heavy (non-hydrogen) atoms. The first-order chi connectivity index (χ1) is 8.13. The van der Waals surface area contributed by atoms with Crippen LogP contribution in [0.1, 0.15) is 16.8 Å². The highest BCUT2D eigenvalue weighted by Gasteiger charge is 2.14. The zero-order valence-electron chi connectivity index (χ0n) is 9.11. The van der Waals surface area contributed by atoms with E-state index < -0.39 is 0 Å². The Morgan fingerprint density at radius 2 is 2.06 bits per heavy atom. The van der Waals surface area contributed by atoms with E-state index in [0.717, 1.165) is 5.39 Å². The fourth-order valence-corrected chi connectivity index (χ4v) is 2.02. The smallest absolute Gasteiger partial charge is 0.168 e. The maximum atomic E-state index is 11.9. The second kappa shape index (κ2) is 4.73. The van der Waals surface area contributed by atoms with E-state index in [4.69, 9.17) is 17.3 Å². The molecule has 0 aromatic heterocycles. The first-order valence-corrected chi connectivity index (χ1v) is 5.66. The van der Waals surface area contributed by atoms with Crippen LogP contribution in [0.2, 0.25) is 5.02 Å². The fourth-order valence-electron chi connectivity index (χ4n) is 1.84. The summed E-state index contributed by atoms with van der Waals surface area (Å²) in [5.74, 6) is -0.170. The third-order valence-electron chi connectivity index (χ3n) is 2.61. The van der Waals surface area contributed by atoms with Crippen LogP contribution < -0.4 is 5.73 Å². The first-order valence-electron chi connectivity index (χ1n) is 5.28. The first kappa shape index (κ1) is 11.9. The largest absolute Gasteiger partial charge is 0.507 e. The molecule has 88 valence electrons. The van der Waals surface area contributed by atoms with Crippen molar-refractivity contribution in [1.82, 2.24) is 0 Å². The Morgan fingerprint density at radius 3 is 2.76 bits per heavy atom. The van der Waals surface area contributed by atoms with E-state index in [1.807, 2.05) is 0 Å². The average molecular weight is 250 g/mol. The molecule has 0 saturated heterocycles. The molecule has 0 heterocycles.